The van der Waals surface area contributed by atoms with Crippen molar-refractivity contribution in [2.75, 3.05) is 13.2 Å². The summed E-state index contributed by atoms with van der Waals surface area (Å²) in [7, 11) is 0. The minimum Gasteiger partial charge on any atom is -0.481 e. The van der Waals surface area contributed by atoms with Gasteiger partial charge in [-0.3, -0.25) is 28.8 Å². The lowest BCUT2D eigenvalue weighted by Crippen LogP contribution is -2.60. The van der Waals surface area contributed by atoms with Crippen molar-refractivity contribution in [3.05, 3.63) is 35.9 Å². The smallest absolute Gasteiger partial charge is 0.326 e. The molecule has 0 spiro atoms. The summed E-state index contributed by atoms with van der Waals surface area (Å²) in [6, 6.07) is 0.586. The highest BCUT2D eigenvalue weighted by Crippen LogP contribution is 2.11. The van der Waals surface area contributed by atoms with Gasteiger partial charge in [-0.15, -0.1) is 0 Å². The van der Waals surface area contributed by atoms with Gasteiger partial charge in [0.25, 0.3) is 0 Å². The molecule has 0 saturated carbocycles. The zero-order valence-corrected chi connectivity index (χ0v) is 29.7. The Balaban J connectivity index is 3.25. The molecular formula is C34H55N7O10. The van der Waals surface area contributed by atoms with E-state index in [-0.39, 0.29) is 44.1 Å². The normalized spacial score (nSPS) is 14.7. The van der Waals surface area contributed by atoms with Crippen molar-refractivity contribution in [3.63, 3.8) is 0 Å². The van der Waals surface area contributed by atoms with Crippen LogP contribution in [0.1, 0.15) is 71.8 Å². The van der Waals surface area contributed by atoms with Gasteiger partial charge in [0.2, 0.25) is 29.5 Å². The topological polar surface area (TPSA) is 292 Å². The third-order valence-electron chi connectivity index (χ3n) is 7.70. The molecule has 6 atom stereocenters. The van der Waals surface area contributed by atoms with Gasteiger partial charge < -0.3 is 53.4 Å². The molecule has 0 unspecified atom stereocenters. The fourth-order valence-electron chi connectivity index (χ4n) is 5.05. The van der Waals surface area contributed by atoms with Crippen LogP contribution >= 0.6 is 0 Å². The standard InChI is InChI=1S/C34H55N7O10/c1-19(2)14-24(38-29(45)22(36)18-42)31(47)39-25(15-20(3)4)32(48)40-26(17-28(43)44)33(49)37-23(12-8-9-13-35)30(46)41-27(34(50)51)16-21-10-6-5-7-11-21/h5-7,10-11,19-20,22-27,42H,8-9,12-18,35-36H2,1-4H3,(H,37,49)(H,38,45)(H,39,47)(H,40,48)(H,41,46)(H,43,44)(H,50,51)/t22-,23-,24-,25-,26-,27-/m0/s1. The highest BCUT2D eigenvalue weighted by molar-refractivity contribution is 5.97. The van der Waals surface area contributed by atoms with Crippen molar-refractivity contribution in [2.24, 2.45) is 23.3 Å². The summed E-state index contributed by atoms with van der Waals surface area (Å²) >= 11 is 0. The van der Waals surface area contributed by atoms with E-state index < -0.39 is 90.8 Å². The summed E-state index contributed by atoms with van der Waals surface area (Å²) in [5, 5.41) is 40.9. The maximum atomic E-state index is 13.6. The summed E-state index contributed by atoms with van der Waals surface area (Å²) in [5.41, 5.74) is 11.8. The van der Waals surface area contributed by atoms with Gasteiger partial charge in [-0.25, -0.2) is 4.79 Å². The van der Waals surface area contributed by atoms with Gasteiger partial charge in [0, 0.05) is 6.42 Å². The van der Waals surface area contributed by atoms with Crippen LogP contribution in [-0.4, -0.2) is 106 Å². The van der Waals surface area contributed by atoms with E-state index in [9.17, 15) is 48.9 Å². The Bertz CT molecular complexity index is 1310. The van der Waals surface area contributed by atoms with Crippen molar-refractivity contribution in [2.45, 2.75) is 109 Å². The van der Waals surface area contributed by atoms with Crippen LogP contribution in [0.3, 0.4) is 0 Å². The number of carboxylic acid groups (broad SMARTS) is 2. The number of rotatable bonds is 24. The maximum absolute atomic E-state index is 13.6. The Morgan fingerprint density at radius 1 is 0.647 bits per heavy atom. The molecule has 1 rings (SSSR count). The first-order valence-corrected chi connectivity index (χ1v) is 17.1. The first-order valence-electron chi connectivity index (χ1n) is 17.1. The minimum atomic E-state index is -1.69. The average molecular weight is 722 g/mol. The largest absolute Gasteiger partial charge is 0.481 e. The SMILES string of the molecule is CC(C)C[C@H](NC(=O)[C@H](CC(C)C)NC(=O)[C@@H](N)CO)C(=O)N[C@@H](CC(=O)O)C(=O)N[C@@H](CCCCN)C(=O)N[C@@H](Cc1ccccc1)C(=O)O. The second kappa shape index (κ2) is 23.0. The lowest BCUT2D eigenvalue weighted by molar-refractivity contribution is -0.143. The number of aliphatic hydroxyl groups excluding tert-OH is 1. The number of hydrogen-bond acceptors (Lipinski definition) is 10. The number of amides is 5. The molecule has 0 saturated heterocycles. The molecule has 12 N–H and O–H groups in total. The molecule has 0 heterocycles. The van der Waals surface area contributed by atoms with Crippen LogP contribution in [0.2, 0.25) is 0 Å². The third kappa shape index (κ3) is 17.2. The first-order chi connectivity index (χ1) is 24.0. The second-order valence-electron chi connectivity index (χ2n) is 13.3. The highest BCUT2D eigenvalue weighted by atomic mass is 16.4. The summed E-state index contributed by atoms with van der Waals surface area (Å²) in [5.74, 6) is -7.24. The van der Waals surface area contributed by atoms with Crippen molar-refractivity contribution >= 4 is 41.5 Å². The van der Waals surface area contributed by atoms with Crippen LogP contribution in [0, 0.1) is 11.8 Å². The number of benzene rings is 1. The predicted octanol–water partition coefficient (Wildman–Crippen LogP) is -1.25. The van der Waals surface area contributed by atoms with Crippen molar-refractivity contribution in [1.29, 1.82) is 0 Å². The predicted molar refractivity (Wildman–Crippen MR) is 187 cm³/mol. The molecule has 0 radical (unpaired) electrons. The van der Waals surface area contributed by atoms with Gasteiger partial charge >= 0.3 is 11.9 Å². The van der Waals surface area contributed by atoms with Crippen molar-refractivity contribution < 1.29 is 48.9 Å². The van der Waals surface area contributed by atoms with Gasteiger partial charge in [0.1, 0.15) is 36.3 Å². The van der Waals surface area contributed by atoms with E-state index in [2.05, 4.69) is 26.6 Å². The lowest BCUT2D eigenvalue weighted by atomic mass is 9.99. The molecule has 0 aromatic heterocycles. The van der Waals surface area contributed by atoms with Crippen LogP contribution in [0.25, 0.3) is 0 Å². The van der Waals surface area contributed by atoms with E-state index in [0.29, 0.717) is 18.4 Å². The Morgan fingerprint density at radius 2 is 1.10 bits per heavy atom. The zero-order chi connectivity index (χ0) is 38.7. The number of nitrogens with one attached hydrogen (secondary N) is 5. The van der Waals surface area contributed by atoms with E-state index in [1.165, 1.54) is 0 Å². The Morgan fingerprint density at radius 3 is 1.57 bits per heavy atom. The number of carbonyl (C=O) groups excluding carboxylic acids is 5. The Kier molecular flexibility index (Phi) is 20.0. The first kappa shape index (κ1) is 44.4. The van der Waals surface area contributed by atoms with Crippen LogP contribution < -0.4 is 38.1 Å². The van der Waals surface area contributed by atoms with Crippen molar-refractivity contribution in [1.82, 2.24) is 26.6 Å². The molecule has 0 bridgehead atoms. The molecule has 0 fully saturated rings. The zero-order valence-electron chi connectivity index (χ0n) is 29.7. The minimum absolute atomic E-state index is 0.0368. The number of nitrogens with two attached hydrogens (primary N) is 2. The molecule has 286 valence electrons. The third-order valence-corrected chi connectivity index (χ3v) is 7.70. The molecule has 51 heavy (non-hydrogen) atoms. The van der Waals surface area contributed by atoms with E-state index in [1.54, 1.807) is 58.0 Å². The second-order valence-corrected chi connectivity index (χ2v) is 13.3. The van der Waals surface area contributed by atoms with Gasteiger partial charge in [0.05, 0.1) is 13.0 Å². The molecule has 1 aromatic carbocycles. The average Bonchev–Trinajstić information content (AvgIpc) is 3.05. The summed E-state index contributed by atoms with van der Waals surface area (Å²) < 4.78 is 0. The van der Waals surface area contributed by atoms with Crippen LogP contribution in [0.15, 0.2) is 30.3 Å². The Labute approximate surface area is 298 Å². The van der Waals surface area contributed by atoms with Crippen molar-refractivity contribution in [3.8, 4) is 0 Å². The molecule has 0 aliphatic carbocycles. The van der Waals surface area contributed by atoms with Crippen LogP contribution in [0.4, 0.5) is 0 Å². The molecule has 1 aromatic rings. The molecule has 5 amide bonds. The summed E-state index contributed by atoms with van der Waals surface area (Å²) in [6.07, 6.45) is 0.186. The summed E-state index contributed by atoms with van der Waals surface area (Å²) in [4.78, 5) is 89.9. The maximum Gasteiger partial charge on any atom is 0.326 e. The molecule has 0 aliphatic heterocycles. The highest BCUT2D eigenvalue weighted by Gasteiger charge is 2.34. The number of aliphatic hydroxyl groups is 1. The van der Waals surface area contributed by atoms with E-state index in [0.717, 1.165) is 0 Å². The monoisotopic (exact) mass is 721 g/mol. The van der Waals surface area contributed by atoms with Crippen LogP contribution in [0.5, 0.6) is 0 Å². The molecule has 17 heteroatoms. The number of aliphatic carboxylic acids is 2. The van der Waals surface area contributed by atoms with Gasteiger partial charge in [-0.05, 0) is 56.0 Å². The van der Waals surface area contributed by atoms with E-state index in [1.807, 2.05) is 0 Å². The summed E-state index contributed by atoms with van der Waals surface area (Å²) in [6.45, 7) is 6.78. The fraction of sp³-hybridized carbons (Fsp3) is 0.618. The van der Waals surface area contributed by atoms with Gasteiger partial charge in [-0.2, -0.15) is 0 Å². The van der Waals surface area contributed by atoms with E-state index in [4.69, 9.17) is 11.5 Å². The number of carbonyl (C=O) groups is 7. The molecule has 0 aliphatic rings. The molecule has 17 nitrogen and oxygen atoms in total. The number of unbranched alkanes of at least 4 members (excludes halogenated alkanes) is 1. The van der Waals surface area contributed by atoms with E-state index >= 15 is 0 Å². The number of carboxylic acids is 2. The molecular weight excluding hydrogens is 666 g/mol. The lowest BCUT2D eigenvalue weighted by Gasteiger charge is -2.28. The van der Waals surface area contributed by atoms with Gasteiger partial charge in [0.15, 0.2) is 0 Å². The Hall–Kier alpha value is -4.61. The van der Waals surface area contributed by atoms with Crippen LogP contribution in [-0.2, 0) is 40.0 Å². The fourth-order valence-corrected chi connectivity index (χ4v) is 5.05. The quantitative estimate of drug-likeness (QED) is 0.0561. The number of hydrogen-bond donors (Lipinski definition) is 10. The van der Waals surface area contributed by atoms with Gasteiger partial charge in [-0.1, -0.05) is 58.0 Å².